The Labute approximate surface area is 183 Å². The number of ether oxygens (including phenoxy) is 1. The van der Waals surface area contributed by atoms with Crippen molar-refractivity contribution in [2.45, 2.75) is 19.5 Å². The van der Waals surface area contributed by atoms with Crippen molar-refractivity contribution in [2.24, 2.45) is 0 Å². The zero-order valence-corrected chi connectivity index (χ0v) is 17.9. The second-order valence-electron chi connectivity index (χ2n) is 7.20. The van der Waals surface area contributed by atoms with Gasteiger partial charge in [-0.2, -0.15) is 0 Å². The number of thiophene rings is 1. The van der Waals surface area contributed by atoms with Crippen LogP contribution in [0.2, 0.25) is 0 Å². The standard InChI is InChI=1S/C24H23FN2O3S/c1-30-17-8-9-19-20(14-26-11-10-18-6-4-12-31-18)23(24(28)29)27(22(19)13-17)15-16-5-2-3-7-21(16)25/h2-9,12-13,26H,10-11,14-15H2,1H3,(H,28,29). The summed E-state index contributed by atoms with van der Waals surface area (Å²) in [5.41, 5.74) is 1.99. The fourth-order valence-electron chi connectivity index (χ4n) is 3.79. The predicted molar refractivity (Wildman–Crippen MR) is 121 cm³/mol. The van der Waals surface area contributed by atoms with Crippen LogP contribution in [0.3, 0.4) is 0 Å². The van der Waals surface area contributed by atoms with Gasteiger partial charge in [-0.25, -0.2) is 9.18 Å². The highest BCUT2D eigenvalue weighted by Gasteiger charge is 2.23. The zero-order valence-electron chi connectivity index (χ0n) is 17.1. The molecule has 0 spiro atoms. The highest BCUT2D eigenvalue weighted by atomic mass is 32.1. The summed E-state index contributed by atoms with van der Waals surface area (Å²) in [5.74, 6) is -0.783. The lowest BCUT2D eigenvalue weighted by Crippen LogP contribution is -2.19. The van der Waals surface area contributed by atoms with Gasteiger partial charge in [-0.05, 0) is 36.1 Å². The maximum absolute atomic E-state index is 14.3. The minimum absolute atomic E-state index is 0.118. The summed E-state index contributed by atoms with van der Waals surface area (Å²) in [6.07, 6.45) is 0.877. The van der Waals surface area contributed by atoms with Crippen molar-refractivity contribution >= 4 is 28.2 Å². The van der Waals surface area contributed by atoms with Gasteiger partial charge in [0.1, 0.15) is 17.3 Å². The van der Waals surface area contributed by atoms with Crippen molar-refractivity contribution in [2.75, 3.05) is 13.7 Å². The van der Waals surface area contributed by atoms with Gasteiger partial charge in [0, 0.05) is 40.5 Å². The van der Waals surface area contributed by atoms with Crippen LogP contribution in [-0.2, 0) is 19.5 Å². The average molecular weight is 439 g/mol. The molecule has 4 aromatic rings. The molecular weight excluding hydrogens is 415 g/mol. The number of carbonyl (C=O) groups is 1. The van der Waals surface area contributed by atoms with E-state index in [0.29, 0.717) is 28.9 Å². The molecule has 0 radical (unpaired) electrons. The number of hydrogen-bond acceptors (Lipinski definition) is 4. The summed E-state index contributed by atoms with van der Waals surface area (Å²) in [6.45, 7) is 1.25. The van der Waals surface area contributed by atoms with E-state index in [-0.39, 0.29) is 18.1 Å². The van der Waals surface area contributed by atoms with E-state index in [4.69, 9.17) is 4.74 Å². The first-order valence-electron chi connectivity index (χ1n) is 9.97. The van der Waals surface area contributed by atoms with Crippen molar-refractivity contribution in [3.63, 3.8) is 0 Å². The Bertz CT molecular complexity index is 1200. The Kier molecular flexibility index (Phi) is 6.34. The third-order valence-corrected chi connectivity index (χ3v) is 6.23. The number of methoxy groups -OCH3 is 1. The van der Waals surface area contributed by atoms with E-state index in [1.807, 2.05) is 23.6 Å². The summed E-state index contributed by atoms with van der Waals surface area (Å²) in [5, 5.41) is 16.3. The average Bonchev–Trinajstić information content (AvgIpc) is 3.39. The molecule has 2 aromatic carbocycles. The van der Waals surface area contributed by atoms with E-state index < -0.39 is 5.97 Å². The van der Waals surface area contributed by atoms with Crippen LogP contribution in [0, 0.1) is 5.82 Å². The third-order valence-electron chi connectivity index (χ3n) is 5.30. The highest BCUT2D eigenvalue weighted by molar-refractivity contribution is 7.09. The molecule has 0 atom stereocenters. The molecular formula is C24H23FN2O3S. The lowest BCUT2D eigenvalue weighted by molar-refractivity contribution is 0.0684. The molecule has 31 heavy (non-hydrogen) atoms. The first kappa shape index (κ1) is 21.1. The molecule has 5 nitrogen and oxygen atoms in total. The molecule has 0 bridgehead atoms. The number of aromatic carboxylic acids is 1. The van der Waals surface area contributed by atoms with E-state index in [1.54, 1.807) is 47.3 Å². The van der Waals surface area contributed by atoms with Crippen molar-refractivity contribution in [1.82, 2.24) is 9.88 Å². The number of nitrogens with one attached hydrogen (secondary N) is 1. The van der Waals surface area contributed by atoms with E-state index in [0.717, 1.165) is 18.4 Å². The monoisotopic (exact) mass is 438 g/mol. The van der Waals surface area contributed by atoms with Crippen LogP contribution < -0.4 is 10.1 Å². The fourth-order valence-corrected chi connectivity index (χ4v) is 4.50. The second kappa shape index (κ2) is 9.32. The number of fused-ring (bicyclic) bond motifs is 1. The van der Waals surface area contributed by atoms with Gasteiger partial charge < -0.3 is 19.7 Å². The van der Waals surface area contributed by atoms with Crippen molar-refractivity contribution in [3.05, 3.63) is 87.5 Å². The molecule has 0 fully saturated rings. The summed E-state index contributed by atoms with van der Waals surface area (Å²) in [7, 11) is 1.57. The maximum Gasteiger partial charge on any atom is 0.352 e. The number of hydrogen-bond donors (Lipinski definition) is 2. The number of halogens is 1. The van der Waals surface area contributed by atoms with Crippen LogP contribution in [-0.4, -0.2) is 29.3 Å². The van der Waals surface area contributed by atoms with Crippen LogP contribution in [0.15, 0.2) is 60.0 Å². The van der Waals surface area contributed by atoms with Crippen LogP contribution in [0.25, 0.3) is 10.9 Å². The smallest absolute Gasteiger partial charge is 0.352 e. The Hall–Kier alpha value is -3.16. The first-order chi connectivity index (χ1) is 15.1. The largest absolute Gasteiger partial charge is 0.497 e. The molecule has 0 unspecified atom stereocenters. The van der Waals surface area contributed by atoms with Crippen molar-refractivity contribution in [3.8, 4) is 5.75 Å². The van der Waals surface area contributed by atoms with Gasteiger partial charge in [0.05, 0.1) is 19.2 Å². The molecule has 0 saturated heterocycles. The Morgan fingerprint density at radius 1 is 1.19 bits per heavy atom. The molecule has 160 valence electrons. The van der Waals surface area contributed by atoms with Crippen LogP contribution >= 0.6 is 11.3 Å². The van der Waals surface area contributed by atoms with Gasteiger partial charge in [0.15, 0.2) is 0 Å². The van der Waals surface area contributed by atoms with Crippen LogP contribution in [0.5, 0.6) is 5.75 Å². The topological polar surface area (TPSA) is 63.5 Å². The zero-order chi connectivity index (χ0) is 21.8. The van der Waals surface area contributed by atoms with Crippen LogP contribution in [0.1, 0.15) is 26.5 Å². The van der Waals surface area contributed by atoms with Crippen molar-refractivity contribution in [1.29, 1.82) is 0 Å². The number of carboxylic acids is 1. The van der Waals surface area contributed by atoms with Gasteiger partial charge in [-0.15, -0.1) is 11.3 Å². The van der Waals surface area contributed by atoms with E-state index in [9.17, 15) is 14.3 Å². The highest BCUT2D eigenvalue weighted by Crippen LogP contribution is 2.31. The molecule has 2 N–H and O–H groups in total. The number of nitrogens with zero attached hydrogens (tertiary/aromatic N) is 1. The third kappa shape index (κ3) is 4.47. The predicted octanol–water partition coefficient (Wildman–Crippen LogP) is 4.93. The molecule has 0 aliphatic carbocycles. The maximum atomic E-state index is 14.3. The fraction of sp³-hybridized carbons (Fsp3) is 0.208. The number of benzene rings is 2. The Morgan fingerprint density at radius 2 is 2.03 bits per heavy atom. The SMILES string of the molecule is COc1ccc2c(CNCCc3cccs3)c(C(=O)O)n(Cc3ccccc3F)c2c1. The van der Waals surface area contributed by atoms with Crippen molar-refractivity contribution < 1.29 is 19.0 Å². The summed E-state index contributed by atoms with van der Waals surface area (Å²) < 4.78 is 21.4. The first-order valence-corrected chi connectivity index (χ1v) is 10.9. The molecule has 4 rings (SSSR count). The number of aromatic nitrogens is 1. The summed E-state index contributed by atoms with van der Waals surface area (Å²) in [4.78, 5) is 13.6. The lowest BCUT2D eigenvalue weighted by Gasteiger charge is -2.11. The van der Waals surface area contributed by atoms with Crippen LogP contribution in [0.4, 0.5) is 4.39 Å². The molecule has 7 heteroatoms. The molecule has 2 aromatic heterocycles. The van der Waals surface area contributed by atoms with Gasteiger partial charge in [-0.1, -0.05) is 24.3 Å². The van der Waals surface area contributed by atoms with Gasteiger partial charge in [-0.3, -0.25) is 0 Å². The second-order valence-corrected chi connectivity index (χ2v) is 8.23. The Balaban J connectivity index is 1.72. The van der Waals surface area contributed by atoms with E-state index in [1.165, 1.54) is 10.9 Å². The summed E-state index contributed by atoms with van der Waals surface area (Å²) in [6, 6.07) is 16.0. The molecule has 0 amide bonds. The molecule has 0 saturated carbocycles. The Morgan fingerprint density at radius 3 is 2.74 bits per heavy atom. The molecule has 0 aliphatic heterocycles. The van der Waals surface area contributed by atoms with Gasteiger partial charge in [0.25, 0.3) is 0 Å². The van der Waals surface area contributed by atoms with E-state index >= 15 is 0 Å². The van der Waals surface area contributed by atoms with Gasteiger partial charge >= 0.3 is 5.97 Å². The van der Waals surface area contributed by atoms with E-state index in [2.05, 4.69) is 11.4 Å². The number of rotatable bonds is 9. The molecule has 2 heterocycles. The summed E-state index contributed by atoms with van der Waals surface area (Å²) >= 11 is 1.70. The normalized spacial score (nSPS) is 11.2. The quantitative estimate of drug-likeness (QED) is 0.364. The molecule has 0 aliphatic rings. The minimum Gasteiger partial charge on any atom is -0.497 e. The minimum atomic E-state index is -1.04. The lowest BCUT2D eigenvalue weighted by atomic mass is 10.1. The van der Waals surface area contributed by atoms with Gasteiger partial charge in [0.2, 0.25) is 0 Å². The number of carboxylic acid groups (broad SMARTS) is 1.